The first-order valence-electron chi connectivity index (χ1n) is 7.03. The molecular formula is C14H17NO7. The minimum atomic E-state index is -0.849. The minimum Gasteiger partial charge on any atom is -0.387 e. The highest BCUT2D eigenvalue weighted by Crippen LogP contribution is 2.45. The summed E-state index contributed by atoms with van der Waals surface area (Å²) < 4.78 is 11.0. The predicted molar refractivity (Wildman–Crippen MR) is 69.9 cm³/mol. The molecule has 0 aromatic heterocycles. The minimum absolute atomic E-state index is 0.104. The molecule has 0 aromatic rings. The fraction of sp³-hybridized carbons (Fsp3) is 0.643. The van der Waals surface area contributed by atoms with Crippen LogP contribution in [0.15, 0.2) is 12.7 Å². The second kappa shape index (κ2) is 5.15. The monoisotopic (exact) mass is 311 g/mol. The van der Waals surface area contributed by atoms with Gasteiger partial charge in [0.05, 0.1) is 18.6 Å². The number of epoxide rings is 1. The Bertz CT molecular complexity index is 541. The van der Waals surface area contributed by atoms with Crippen molar-refractivity contribution in [3.8, 4) is 0 Å². The fourth-order valence-corrected chi connectivity index (χ4v) is 3.03. The van der Waals surface area contributed by atoms with Crippen molar-refractivity contribution in [1.29, 1.82) is 0 Å². The van der Waals surface area contributed by atoms with Crippen LogP contribution >= 0.6 is 0 Å². The summed E-state index contributed by atoms with van der Waals surface area (Å²) in [6.45, 7) is 5.09. The number of imide groups is 1. The number of rotatable bonds is 3. The summed E-state index contributed by atoms with van der Waals surface area (Å²) >= 11 is 0. The zero-order valence-corrected chi connectivity index (χ0v) is 12.1. The smallest absolute Gasteiger partial charge is 0.330 e. The molecule has 1 unspecified atom stereocenters. The van der Waals surface area contributed by atoms with Gasteiger partial charge in [-0.3, -0.25) is 9.59 Å². The molecule has 3 rings (SSSR count). The molecule has 3 heterocycles. The molecule has 0 aromatic carbocycles. The number of hydrogen-bond donors (Lipinski definition) is 1. The quantitative estimate of drug-likeness (QED) is 0.418. The Balaban J connectivity index is 1.77. The van der Waals surface area contributed by atoms with E-state index in [-0.39, 0.29) is 6.42 Å². The Morgan fingerprint density at radius 1 is 1.55 bits per heavy atom. The highest BCUT2D eigenvalue weighted by Gasteiger charge is 2.61. The lowest BCUT2D eigenvalue weighted by Gasteiger charge is -2.38. The van der Waals surface area contributed by atoms with E-state index in [4.69, 9.17) is 9.47 Å². The van der Waals surface area contributed by atoms with E-state index in [9.17, 15) is 19.5 Å². The Labute approximate surface area is 126 Å². The van der Waals surface area contributed by atoms with E-state index in [0.29, 0.717) is 18.1 Å². The molecule has 2 amide bonds. The van der Waals surface area contributed by atoms with E-state index in [1.807, 2.05) is 0 Å². The third-order valence-corrected chi connectivity index (χ3v) is 4.28. The molecule has 0 radical (unpaired) electrons. The van der Waals surface area contributed by atoms with Crippen molar-refractivity contribution in [3.05, 3.63) is 12.7 Å². The van der Waals surface area contributed by atoms with Gasteiger partial charge in [-0.15, -0.1) is 11.6 Å². The highest BCUT2D eigenvalue weighted by atomic mass is 16.7. The Morgan fingerprint density at radius 2 is 2.23 bits per heavy atom. The molecule has 3 aliphatic rings. The molecule has 3 aliphatic heterocycles. The number of aliphatic hydroxyl groups excluding tert-OH is 1. The second-order valence-electron chi connectivity index (χ2n) is 5.80. The van der Waals surface area contributed by atoms with Crippen LogP contribution in [0.1, 0.15) is 19.8 Å². The van der Waals surface area contributed by atoms with Crippen LogP contribution < -0.4 is 0 Å². The van der Waals surface area contributed by atoms with Crippen LogP contribution in [0.5, 0.6) is 0 Å². The van der Waals surface area contributed by atoms with E-state index in [1.54, 1.807) is 0 Å². The number of amides is 2. The Hall–Kier alpha value is -1.77. The maximum absolute atomic E-state index is 12.3. The van der Waals surface area contributed by atoms with Crippen molar-refractivity contribution < 1.29 is 33.8 Å². The van der Waals surface area contributed by atoms with E-state index in [1.165, 1.54) is 6.08 Å². The number of hydroxylamine groups is 2. The Morgan fingerprint density at radius 3 is 2.77 bits per heavy atom. The molecule has 5 atom stereocenters. The van der Waals surface area contributed by atoms with Gasteiger partial charge in [0.1, 0.15) is 17.8 Å². The SMILES string of the molecule is C=C[C@H]1O[C@H](C2CC(=O)N(OC(C)=O)C2=O)C[C@@]2(CO2)[C@@H]1O. The van der Waals surface area contributed by atoms with Crippen LogP contribution in [0.3, 0.4) is 0 Å². The molecule has 3 fully saturated rings. The zero-order chi connectivity index (χ0) is 16.1. The van der Waals surface area contributed by atoms with Crippen molar-refractivity contribution in [2.24, 2.45) is 5.92 Å². The van der Waals surface area contributed by atoms with Crippen molar-refractivity contribution in [3.63, 3.8) is 0 Å². The van der Waals surface area contributed by atoms with E-state index in [2.05, 4.69) is 11.4 Å². The molecule has 22 heavy (non-hydrogen) atoms. The van der Waals surface area contributed by atoms with Crippen LogP contribution in [0.2, 0.25) is 0 Å². The second-order valence-corrected chi connectivity index (χ2v) is 5.80. The molecule has 0 bridgehead atoms. The topological polar surface area (TPSA) is 106 Å². The number of carbonyl (C=O) groups is 3. The van der Waals surface area contributed by atoms with Crippen molar-refractivity contribution in [2.75, 3.05) is 6.61 Å². The van der Waals surface area contributed by atoms with Gasteiger partial charge in [-0.25, -0.2) is 4.79 Å². The number of ether oxygens (including phenoxy) is 2. The summed E-state index contributed by atoms with van der Waals surface area (Å²) in [5, 5.41) is 10.6. The summed E-state index contributed by atoms with van der Waals surface area (Å²) in [6, 6.07) is 0. The number of carbonyl (C=O) groups excluding carboxylic acids is 3. The van der Waals surface area contributed by atoms with Gasteiger partial charge in [-0.05, 0) is 0 Å². The van der Waals surface area contributed by atoms with Gasteiger partial charge < -0.3 is 19.4 Å². The highest BCUT2D eigenvalue weighted by molar-refractivity contribution is 6.03. The summed E-state index contributed by atoms with van der Waals surface area (Å²) in [5.41, 5.74) is -0.736. The number of nitrogens with zero attached hydrogens (tertiary/aromatic N) is 1. The maximum Gasteiger partial charge on any atom is 0.330 e. The van der Waals surface area contributed by atoms with Gasteiger partial charge in [-0.2, -0.15) is 0 Å². The van der Waals surface area contributed by atoms with Gasteiger partial charge in [0.15, 0.2) is 0 Å². The number of aliphatic hydroxyl groups is 1. The first kappa shape index (κ1) is 15.1. The molecule has 120 valence electrons. The largest absolute Gasteiger partial charge is 0.387 e. The van der Waals surface area contributed by atoms with Crippen molar-refractivity contribution in [1.82, 2.24) is 5.06 Å². The third-order valence-electron chi connectivity index (χ3n) is 4.28. The predicted octanol–water partition coefficient (Wildman–Crippen LogP) is -0.687. The average Bonchev–Trinajstić information content (AvgIpc) is 3.19. The van der Waals surface area contributed by atoms with E-state index >= 15 is 0 Å². The van der Waals surface area contributed by atoms with Gasteiger partial charge in [0, 0.05) is 19.8 Å². The molecule has 1 spiro atoms. The standard InChI is InChI=1S/C14H17NO7/c1-3-9-12(18)14(6-20-14)5-10(21-9)8-4-11(17)15(13(8)19)22-7(2)16/h3,8-10,12,18H,1,4-6H2,2H3/t8?,9-,10+,12-,14-/m1/s1. The summed E-state index contributed by atoms with van der Waals surface area (Å²) in [6.07, 6.45) is -0.482. The van der Waals surface area contributed by atoms with Crippen LogP contribution in [0, 0.1) is 5.92 Å². The lowest BCUT2D eigenvalue weighted by Crippen LogP contribution is -2.52. The first-order chi connectivity index (χ1) is 10.4. The molecule has 1 N–H and O–H groups in total. The molecule has 0 saturated carbocycles. The maximum atomic E-state index is 12.3. The normalized spacial score (nSPS) is 40.9. The third kappa shape index (κ3) is 2.33. The van der Waals surface area contributed by atoms with Crippen LogP contribution in [0.4, 0.5) is 0 Å². The van der Waals surface area contributed by atoms with E-state index < -0.39 is 47.6 Å². The van der Waals surface area contributed by atoms with Crippen LogP contribution in [-0.4, -0.2) is 58.5 Å². The molecule has 8 heteroatoms. The van der Waals surface area contributed by atoms with Crippen molar-refractivity contribution in [2.45, 2.75) is 43.7 Å². The summed E-state index contributed by atoms with van der Waals surface area (Å²) in [4.78, 5) is 39.7. The summed E-state index contributed by atoms with van der Waals surface area (Å²) in [7, 11) is 0. The van der Waals surface area contributed by atoms with Gasteiger partial charge in [0.25, 0.3) is 11.8 Å². The van der Waals surface area contributed by atoms with Crippen LogP contribution in [0.25, 0.3) is 0 Å². The Kier molecular flexibility index (Phi) is 3.54. The van der Waals surface area contributed by atoms with Crippen LogP contribution in [-0.2, 0) is 28.7 Å². The molecule has 8 nitrogen and oxygen atoms in total. The summed E-state index contributed by atoms with van der Waals surface area (Å²) in [5.74, 6) is -2.70. The van der Waals surface area contributed by atoms with Crippen molar-refractivity contribution >= 4 is 17.8 Å². The fourth-order valence-electron chi connectivity index (χ4n) is 3.03. The number of hydrogen-bond acceptors (Lipinski definition) is 7. The molecule has 3 saturated heterocycles. The lowest BCUT2D eigenvalue weighted by molar-refractivity contribution is -0.199. The zero-order valence-electron chi connectivity index (χ0n) is 12.1. The lowest BCUT2D eigenvalue weighted by atomic mass is 9.83. The molecular weight excluding hydrogens is 294 g/mol. The van der Waals surface area contributed by atoms with E-state index in [0.717, 1.165) is 6.92 Å². The van der Waals surface area contributed by atoms with Gasteiger partial charge in [-0.1, -0.05) is 6.08 Å². The van der Waals surface area contributed by atoms with Gasteiger partial charge in [0.2, 0.25) is 0 Å². The first-order valence-corrected chi connectivity index (χ1v) is 7.03. The van der Waals surface area contributed by atoms with Gasteiger partial charge >= 0.3 is 5.97 Å². The molecule has 0 aliphatic carbocycles. The average molecular weight is 311 g/mol.